The highest BCUT2D eigenvalue weighted by Crippen LogP contribution is 2.28. The lowest BCUT2D eigenvalue weighted by molar-refractivity contribution is -0.115. The molecule has 0 saturated heterocycles. The van der Waals surface area contributed by atoms with E-state index in [0.717, 1.165) is 22.3 Å². The number of carbonyl (C=O) groups is 1. The van der Waals surface area contributed by atoms with Crippen LogP contribution < -0.4 is 14.8 Å². The van der Waals surface area contributed by atoms with E-state index in [1.165, 1.54) is 0 Å². The fourth-order valence-corrected chi connectivity index (χ4v) is 3.27. The van der Waals surface area contributed by atoms with E-state index in [1.54, 1.807) is 32.4 Å². The fourth-order valence-electron chi connectivity index (χ4n) is 3.27. The van der Waals surface area contributed by atoms with Crippen molar-refractivity contribution in [2.75, 3.05) is 19.5 Å². The summed E-state index contributed by atoms with van der Waals surface area (Å²) < 4.78 is 16.0. The van der Waals surface area contributed by atoms with E-state index >= 15 is 0 Å². The van der Waals surface area contributed by atoms with Gasteiger partial charge in [0.05, 0.1) is 20.6 Å². The second-order valence-electron chi connectivity index (χ2n) is 7.28. The number of benzene rings is 3. The Balaban J connectivity index is 1.46. The van der Waals surface area contributed by atoms with Crippen LogP contribution in [0.1, 0.15) is 11.1 Å². The molecular weight excluding hydrogens is 406 g/mol. The second-order valence-corrected chi connectivity index (χ2v) is 7.28. The van der Waals surface area contributed by atoms with E-state index in [4.69, 9.17) is 14.0 Å². The fraction of sp³-hybridized carbons (Fsp3) is 0.160. The lowest BCUT2D eigenvalue weighted by Gasteiger charge is -2.10. The van der Waals surface area contributed by atoms with E-state index in [-0.39, 0.29) is 12.3 Å². The van der Waals surface area contributed by atoms with Gasteiger partial charge in [-0.3, -0.25) is 4.79 Å². The quantitative estimate of drug-likeness (QED) is 0.449. The predicted octanol–water partition coefficient (Wildman–Crippen LogP) is 4.91. The summed E-state index contributed by atoms with van der Waals surface area (Å²) in [4.78, 5) is 17.1. The van der Waals surface area contributed by atoms with Crippen molar-refractivity contribution in [3.63, 3.8) is 0 Å². The Hall–Kier alpha value is -4.13. The summed E-state index contributed by atoms with van der Waals surface area (Å²) in [5.41, 5.74) is 4.22. The number of nitrogens with one attached hydrogen (secondary N) is 1. The van der Waals surface area contributed by atoms with Gasteiger partial charge in [-0.1, -0.05) is 47.1 Å². The van der Waals surface area contributed by atoms with E-state index in [0.29, 0.717) is 28.9 Å². The highest BCUT2D eigenvalue weighted by atomic mass is 16.5. The van der Waals surface area contributed by atoms with E-state index in [1.807, 2.05) is 55.5 Å². The third-order valence-electron chi connectivity index (χ3n) is 4.94. The standard InChI is InChI=1S/C25H23N3O4/c1-16-7-10-18(11-8-16)24-27-25(32-28-24)19-5-4-6-20(15-19)26-23(29)14-17-9-12-21(30-2)22(13-17)31-3/h4-13,15H,14H2,1-3H3,(H,26,29). The normalized spacial score (nSPS) is 10.6. The number of amides is 1. The number of anilines is 1. The van der Waals surface area contributed by atoms with E-state index in [9.17, 15) is 4.79 Å². The zero-order valence-electron chi connectivity index (χ0n) is 18.1. The van der Waals surface area contributed by atoms with Gasteiger partial charge in [-0.05, 0) is 42.8 Å². The minimum atomic E-state index is -0.153. The molecule has 4 rings (SSSR count). The number of methoxy groups -OCH3 is 2. The molecule has 0 atom stereocenters. The Morgan fingerprint density at radius 3 is 2.47 bits per heavy atom. The largest absolute Gasteiger partial charge is 0.493 e. The van der Waals surface area contributed by atoms with Crippen molar-refractivity contribution in [3.05, 3.63) is 77.9 Å². The van der Waals surface area contributed by atoms with Gasteiger partial charge in [0.25, 0.3) is 5.89 Å². The number of nitrogens with zero attached hydrogens (tertiary/aromatic N) is 2. The van der Waals surface area contributed by atoms with E-state index < -0.39 is 0 Å². The van der Waals surface area contributed by atoms with Crippen LogP contribution in [0.25, 0.3) is 22.8 Å². The first-order chi connectivity index (χ1) is 15.6. The lowest BCUT2D eigenvalue weighted by Crippen LogP contribution is -2.14. The molecule has 0 spiro atoms. The molecule has 0 aliphatic rings. The third-order valence-corrected chi connectivity index (χ3v) is 4.94. The Bertz CT molecular complexity index is 1230. The SMILES string of the molecule is COc1ccc(CC(=O)Nc2cccc(-c3nc(-c4ccc(C)cc4)no3)c2)cc1OC. The molecule has 162 valence electrons. The first kappa shape index (κ1) is 21.1. The molecule has 7 nitrogen and oxygen atoms in total. The maximum atomic E-state index is 12.6. The molecule has 7 heteroatoms. The zero-order chi connectivity index (χ0) is 22.5. The first-order valence-electron chi connectivity index (χ1n) is 10.1. The van der Waals surface area contributed by atoms with Crippen molar-refractivity contribution < 1.29 is 18.8 Å². The molecule has 1 aromatic heterocycles. The molecule has 0 radical (unpaired) electrons. The van der Waals surface area contributed by atoms with Crippen molar-refractivity contribution in [2.24, 2.45) is 0 Å². The van der Waals surface area contributed by atoms with Crippen LogP contribution in [0.5, 0.6) is 11.5 Å². The number of ether oxygens (including phenoxy) is 2. The smallest absolute Gasteiger partial charge is 0.258 e. The number of hydrogen-bond acceptors (Lipinski definition) is 6. The van der Waals surface area contributed by atoms with Gasteiger partial charge in [0, 0.05) is 16.8 Å². The van der Waals surface area contributed by atoms with Crippen LogP contribution in [0.4, 0.5) is 5.69 Å². The van der Waals surface area contributed by atoms with Gasteiger partial charge in [0.1, 0.15) is 0 Å². The summed E-state index contributed by atoms with van der Waals surface area (Å²) >= 11 is 0. The van der Waals surface area contributed by atoms with Gasteiger partial charge >= 0.3 is 0 Å². The lowest BCUT2D eigenvalue weighted by atomic mass is 10.1. The van der Waals surface area contributed by atoms with Gasteiger partial charge in [-0.2, -0.15) is 4.98 Å². The van der Waals surface area contributed by atoms with Crippen LogP contribution in [0.3, 0.4) is 0 Å². The molecule has 4 aromatic rings. The number of carbonyl (C=O) groups excluding carboxylic acids is 1. The topological polar surface area (TPSA) is 86.5 Å². The van der Waals surface area contributed by atoms with Crippen LogP contribution in [0, 0.1) is 6.92 Å². The summed E-state index contributed by atoms with van der Waals surface area (Å²) in [5.74, 6) is 1.95. The summed E-state index contributed by atoms with van der Waals surface area (Å²) in [6.07, 6.45) is 0.197. The van der Waals surface area contributed by atoms with Crippen LogP contribution in [-0.4, -0.2) is 30.3 Å². The van der Waals surface area contributed by atoms with Crippen LogP contribution in [0.15, 0.2) is 71.3 Å². The van der Waals surface area contributed by atoms with Gasteiger partial charge in [0.15, 0.2) is 11.5 Å². The molecule has 32 heavy (non-hydrogen) atoms. The van der Waals surface area contributed by atoms with Crippen LogP contribution >= 0.6 is 0 Å². The zero-order valence-corrected chi connectivity index (χ0v) is 18.1. The number of aryl methyl sites for hydroxylation is 1. The summed E-state index contributed by atoms with van der Waals surface area (Å²) in [6, 6.07) is 20.6. The second kappa shape index (κ2) is 9.34. The Morgan fingerprint density at radius 1 is 0.938 bits per heavy atom. The molecule has 0 fully saturated rings. The average Bonchev–Trinajstić information content (AvgIpc) is 3.30. The van der Waals surface area contributed by atoms with Crippen molar-refractivity contribution in [2.45, 2.75) is 13.3 Å². The van der Waals surface area contributed by atoms with E-state index in [2.05, 4.69) is 15.5 Å². The summed E-state index contributed by atoms with van der Waals surface area (Å²) in [5, 5.41) is 6.98. The monoisotopic (exact) mass is 429 g/mol. The van der Waals surface area contributed by atoms with Crippen molar-refractivity contribution in [1.82, 2.24) is 10.1 Å². The molecule has 0 aliphatic heterocycles. The molecule has 0 saturated carbocycles. The van der Waals surface area contributed by atoms with Crippen molar-refractivity contribution in [1.29, 1.82) is 0 Å². The number of rotatable bonds is 7. The minimum Gasteiger partial charge on any atom is -0.493 e. The molecule has 1 heterocycles. The van der Waals surface area contributed by atoms with Crippen molar-refractivity contribution in [3.8, 4) is 34.3 Å². The van der Waals surface area contributed by atoms with Crippen molar-refractivity contribution >= 4 is 11.6 Å². The maximum absolute atomic E-state index is 12.6. The van der Waals surface area contributed by atoms with Gasteiger partial charge in [-0.15, -0.1) is 0 Å². The van der Waals surface area contributed by atoms with Crippen LogP contribution in [-0.2, 0) is 11.2 Å². The number of aromatic nitrogens is 2. The minimum absolute atomic E-state index is 0.153. The Kier molecular flexibility index (Phi) is 6.17. The molecule has 0 bridgehead atoms. The molecule has 1 N–H and O–H groups in total. The van der Waals surface area contributed by atoms with Gasteiger partial charge in [-0.25, -0.2) is 0 Å². The summed E-state index contributed by atoms with van der Waals surface area (Å²) in [6.45, 7) is 2.02. The average molecular weight is 429 g/mol. The highest BCUT2D eigenvalue weighted by Gasteiger charge is 2.13. The predicted molar refractivity (Wildman–Crippen MR) is 122 cm³/mol. The molecular formula is C25H23N3O4. The highest BCUT2D eigenvalue weighted by molar-refractivity contribution is 5.92. The molecule has 0 aliphatic carbocycles. The molecule has 0 unspecified atom stereocenters. The summed E-state index contributed by atoms with van der Waals surface area (Å²) in [7, 11) is 3.14. The maximum Gasteiger partial charge on any atom is 0.258 e. The molecule has 1 amide bonds. The third kappa shape index (κ3) is 4.78. The molecule has 3 aromatic carbocycles. The first-order valence-corrected chi connectivity index (χ1v) is 10.1. The Labute approximate surface area is 186 Å². The Morgan fingerprint density at radius 2 is 1.72 bits per heavy atom. The van der Waals surface area contributed by atoms with Gasteiger partial charge < -0.3 is 19.3 Å². The van der Waals surface area contributed by atoms with Gasteiger partial charge in [0.2, 0.25) is 11.7 Å². The van der Waals surface area contributed by atoms with Crippen LogP contribution in [0.2, 0.25) is 0 Å². The number of hydrogen-bond donors (Lipinski definition) is 1.